The van der Waals surface area contributed by atoms with E-state index in [0.717, 1.165) is 0 Å². The Kier molecular flexibility index (Phi) is 6.50. The highest BCUT2D eigenvalue weighted by molar-refractivity contribution is 5.98. The molecule has 1 aliphatic heterocycles. The highest BCUT2D eigenvalue weighted by Crippen LogP contribution is 2.46. The Labute approximate surface area is 203 Å². The molecule has 9 heteroatoms. The SMILES string of the molecule is COC(=O)[C@@H](Oc1nc(C)cc(C)n1)[C@]1(c2ccccc2)c2ccccc2N(C)C(=O)CN1C=O. The van der Waals surface area contributed by atoms with Crippen LogP contribution in [0.1, 0.15) is 22.5 Å². The van der Waals surface area contributed by atoms with Crippen LogP contribution in [0.3, 0.4) is 0 Å². The Morgan fingerprint density at radius 3 is 2.31 bits per heavy atom. The second kappa shape index (κ2) is 9.54. The molecule has 0 radical (unpaired) electrons. The van der Waals surface area contributed by atoms with Crippen LogP contribution in [0.5, 0.6) is 6.01 Å². The molecular weight excluding hydrogens is 448 g/mol. The normalized spacial score (nSPS) is 18.3. The number of anilines is 1. The van der Waals surface area contributed by atoms with E-state index in [1.165, 1.54) is 16.9 Å². The summed E-state index contributed by atoms with van der Waals surface area (Å²) in [5, 5.41) is 0. The van der Waals surface area contributed by atoms with E-state index in [2.05, 4.69) is 9.97 Å². The van der Waals surface area contributed by atoms with Gasteiger partial charge in [0.25, 0.3) is 0 Å². The number of ether oxygens (including phenoxy) is 2. The number of hydrogen-bond acceptors (Lipinski definition) is 7. The maximum Gasteiger partial charge on any atom is 0.350 e. The summed E-state index contributed by atoms with van der Waals surface area (Å²) in [6, 6.07) is 17.8. The number of rotatable bonds is 6. The molecule has 2 atom stereocenters. The number of benzene rings is 2. The predicted octanol–water partition coefficient (Wildman–Crippen LogP) is 2.39. The molecule has 0 N–H and O–H groups in total. The van der Waals surface area contributed by atoms with Crippen LogP contribution in [-0.2, 0) is 24.7 Å². The van der Waals surface area contributed by atoms with Crippen molar-refractivity contribution in [3.63, 3.8) is 0 Å². The maximum absolute atomic E-state index is 13.5. The summed E-state index contributed by atoms with van der Waals surface area (Å²) < 4.78 is 11.4. The zero-order chi connectivity index (χ0) is 25.2. The Bertz CT molecular complexity index is 1250. The molecule has 0 saturated carbocycles. The Balaban J connectivity index is 2.09. The molecule has 2 aromatic carbocycles. The third-order valence-corrected chi connectivity index (χ3v) is 6.13. The highest BCUT2D eigenvalue weighted by Gasteiger charge is 2.56. The number of fused-ring (bicyclic) bond motifs is 1. The van der Waals surface area contributed by atoms with Crippen molar-refractivity contribution >= 4 is 24.0 Å². The lowest BCUT2D eigenvalue weighted by Gasteiger charge is -2.44. The van der Waals surface area contributed by atoms with Gasteiger partial charge in [0.05, 0.1) is 7.11 Å². The largest absolute Gasteiger partial charge is 0.466 e. The van der Waals surface area contributed by atoms with E-state index >= 15 is 0 Å². The monoisotopic (exact) mass is 474 g/mol. The molecule has 1 aromatic heterocycles. The molecule has 0 saturated heterocycles. The number of aromatic nitrogens is 2. The predicted molar refractivity (Wildman–Crippen MR) is 128 cm³/mol. The van der Waals surface area contributed by atoms with Gasteiger partial charge in [-0.1, -0.05) is 48.5 Å². The molecule has 1 aliphatic rings. The molecule has 0 unspecified atom stereocenters. The molecule has 180 valence electrons. The molecule has 2 amide bonds. The number of para-hydroxylation sites is 1. The van der Waals surface area contributed by atoms with Gasteiger partial charge in [-0.3, -0.25) is 9.59 Å². The van der Waals surface area contributed by atoms with Gasteiger partial charge in [0.2, 0.25) is 18.4 Å². The van der Waals surface area contributed by atoms with Gasteiger partial charge in [-0.05, 0) is 31.5 Å². The molecule has 35 heavy (non-hydrogen) atoms. The van der Waals surface area contributed by atoms with Crippen LogP contribution in [0.25, 0.3) is 0 Å². The van der Waals surface area contributed by atoms with Crippen LogP contribution in [0.2, 0.25) is 0 Å². The molecule has 9 nitrogen and oxygen atoms in total. The van der Waals surface area contributed by atoms with Gasteiger partial charge in [-0.15, -0.1) is 0 Å². The average Bonchev–Trinajstić information content (AvgIpc) is 2.95. The molecule has 4 rings (SSSR count). The number of likely N-dealkylation sites (N-methyl/N-ethyl adjacent to an activating group) is 1. The summed E-state index contributed by atoms with van der Waals surface area (Å²) in [4.78, 5) is 50.7. The molecule has 0 bridgehead atoms. The third-order valence-electron chi connectivity index (χ3n) is 6.13. The number of carbonyl (C=O) groups excluding carboxylic acids is 3. The van der Waals surface area contributed by atoms with Crippen LogP contribution in [0.4, 0.5) is 5.69 Å². The molecule has 0 aliphatic carbocycles. The first-order valence-electron chi connectivity index (χ1n) is 11.0. The van der Waals surface area contributed by atoms with Gasteiger partial charge in [-0.2, -0.15) is 0 Å². The van der Waals surface area contributed by atoms with Crippen molar-refractivity contribution in [3.8, 4) is 6.01 Å². The van der Waals surface area contributed by atoms with Crippen molar-refractivity contribution in [2.75, 3.05) is 25.6 Å². The van der Waals surface area contributed by atoms with Crippen LogP contribution in [0, 0.1) is 13.8 Å². The summed E-state index contributed by atoms with van der Waals surface area (Å²) >= 11 is 0. The quantitative estimate of drug-likeness (QED) is 0.399. The topological polar surface area (TPSA) is 102 Å². The maximum atomic E-state index is 13.5. The first-order valence-corrected chi connectivity index (χ1v) is 11.0. The van der Waals surface area contributed by atoms with E-state index < -0.39 is 17.6 Å². The second-order valence-electron chi connectivity index (χ2n) is 8.29. The lowest BCUT2D eigenvalue weighted by Crippen LogP contribution is -2.60. The Morgan fingerprint density at radius 1 is 1.06 bits per heavy atom. The summed E-state index contributed by atoms with van der Waals surface area (Å²) in [5.74, 6) is -1.08. The van der Waals surface area contributed by atoms with E-state index in [4.69, 9.17) is 9.47 Å². The van der Waals surface area contributed by atoms with E-state index in [1.807, 2.05) is 6.07 Å². The summed E-state index contributed by atoms with van der Waals surface area (Å²) in [6.45, 7) is 3.27. The fourth-order valence-electron chi connectivity index (χ4n) is 4.59. The van der Waals surface area contributed by atoms with Crippen molar-refractivity contribution in [1.82, 2.24) is 14.9 Å². The minimum atomic E-state index is -1.58. The van der Waals surface area contributed by atoms with E-state index in [-0.39, 0.29) is 18.5 Å². The first-order chi connectivity index (χ1) is 16.8. The summed E-state index contributed by atoms with van der Waals surface area (Å²) in [5.41, 5.74) is 1.33. The van der Waals surface area contributed by atoms with Crippen molar-refractivity contribution in [2.45, 2.75) is 25.5 Å². The zero-order valence-electron chi connectivity index (χ0n) is 20.0. The number of aryl methyl sites for hydroxylation is 2. The number of hydrogen-bond donors (Lipinski definition) is 0. The number of nitrogens with zero attached hydrogens (tertiary/aromatic N) is 4. The van der Waals surface area contributed by atoms with Crippen molar-refractivity contribution in [3.05, 3.63) is 83.2 Å². The minimum Gasteiger partial charge on any atom is -0.466 e. The van der Waals surface area contributed by atoms with Crippen LogP contribution < -0.4 is 9.64 Å². The molecule has 3 aromatic rings. The highest BCUT2D eigenvalue weighted by atomic mass is 16.6. The smallest absolute Gasteiger partial charge is 0.350 e. The summed E-state index contributed by atoms with van der Waals surface area (Å²) in [7, 11) is 2.87. The Morgan fingerprint density at radius 2 is 1.69 bits per heavy atom. The van der Waals surface area contributed by atoms with Gasteiger partial charge in [-0.25, -0.2) is 14.8 Å². The number of esters is 1. The van der Waals surface area contributed by atoms with Gasteiger partial charge >= 0.3 is 12.0 Å². The standard InChI is InChI=1S/C26H26N4O5/c1-17-14-18(2)28-25(27-17)35-23(24(33)34-4)26(19-10-6-5-7-11-19)20-12-8-9-13-21(20)29(3)22(32)15-30(26)16-31/h5-14,16,23H,15H2,1-4H3/t23-,26+/m1/s1. The van der Waals surface area contributed by atoms with E-state index in [1.54, 1.807) is 75.5 Å². The van der Waals surface area contributed by atoms with E-state index in [9.17, 15) is 14.4 Å². The molecular formula is C26H26N4O5. The minimum absolute atomic E-state index is 0.0412. The molecule has 0 fully saturated rings. The van der Waals surface area contributed by atoms with Gasteiger partial charge in [0.15, 0.2) is 0 Å². The lowest BCUT2D eigenvalue weighted by molar-refractivity contribution is -0.158. The van der Waals surface area contributed by atoms with Crippen molar-refractivity contribution < 1.29 is 23.9 Å². The van der Waals surface area contributed by atoms with Crippen molar-refractivity contribution in [2.24, 2.45) is 0 Å². The first kappa shape index (κ1) is 23.9. The zero-order valence-corrected chi connectivity index (χ0v) is 20.0. The fourth-order valence-corrected chi connectivity index (χ4v) is 4.59. The van der Waals surface area contributed by atoms with Gasteiger partial charge in [0, 0.05) is 29.7 Å². The van der Waals surface area contributed by atoms with Crippen LogP contribution in [0.15, 0.2) is 60.7 Å². The molecule has 0 spiro atoms. The Hall–Kier alpha value is -4.27. The van der Waals surface area contributed by atoms with Crippen LogP contribution in [-0.4, -0.2) is 60.0 Å². The van der Waals surface area contributed by atoms with Crippen LogP contribution >= 0.6 is 0 Å². The number of carbonyl (C=O) groups is 3. The average molecular weight is 475 g/mol. The van der Waals surface area contributed by atoms with Gasteiger partial charge < -0.3 is 19.3 Å². The van der Waals surface area contributed by atoms with E-state index in [0.29, 0.717) is 34.6 Å². The molecule has 2 heterocycles. The third kappa shape index (κ3) is 4.09. The number of amides is 2. The summed E-state index contributed by atoms with van der Waals surface area (Å²) in [6.07, 6.45) is -0.885. The second-order valence-corrected chi connectivity index (χ2v) is 8.29. The number of methoxy groups -OCH3 is 1. The lowest BCUT2D eigenvalue weighted by atomic mass is 9.76. The van der Waals surface area contributed by atoms with Crippen molar-refractivity contribution in [1.29, 1.82) is 0 Å². The fraction of sp³-hybridized carbons (Fsp3) is 0.269. The van der Waals surface area contributed by atoms with Gasteiger partial charge in [0.1, 0.15) is 12.1 Å².